The van der Waals surface area contributed by atoms with Crippen molar-refractivity contribution >= 4 is 17.8 Å². The van der Waals surface area contributed by atoms with Crippen LogP contribution < -0.4 is 5.32 Å². The quantitative estimate of drug-likeness (QED) is 0.733. The molecular formula is C23H26N2O4. The van der Waals surface area contributed by atoms with Crippen LogP contribution in [0.5, 0.6) is 0 Å². The van der Waals surface area contributed by atoms with Gasteiger partial charge in [-0.2, -0.15) is 0 Å². The molecule has 2 aromatic rings. The summed E-state index contributed by atoms with van der Waals surface area (Å²) in [6.07, 6.45) is 0.112. The summed E-state index contributed by atoms with van der Waals surface area (Å²) in [6, 6.07) is 17.3. The maximum Gasteiger partial charge on any atom is 0.311 e. The van der Waals surface area contributed by atoms with Crippen molar-refractivity contribution in [2.45, 2.75) is 32.9 Å². The molecule has 6 nitrogen and oxygen atoms in total. The first-order valence-corrected chi connectivity index (χ1v) is 9.78. The predicted octanol–water partition coefficient (Wildman–Crippen LogP) is 2.76. The van der Waals surface area contributed by atoms with Gasteiger partial charge in [0.15, 0.2) is 6.61 Å². The zero-order valence-electron chi connectivity index (χ0n) is 16.8. The van der Waals surface area contributed by atoms with Gasteiger partial charge in [0, 0.05) is 19.5 Å². The number of likely N-dealkylation sites (tertiary alicyclic amines) is 1. The Morgan fingerprint density at radius 2 is 1.83 bits per heavy atom. The number of amides is 2. The first-order valence-electron chi connectivity index (χ1n) is 9.78. The van der Waals surface area contributed by atoms with E-state index in [-0.39, 0.29) is 30.9 Å². The molecule has 29 heavy (non-hydrogen) atoms. The molecule has 1 fully saturated rings. The number of carbonyl (C=O) groups is 3. The molecule has 1 heterocycles. The number of aryl methyl sites for hydroxylation is 1. The highest BCUT2D eigenvalue weighted by molar-refractivity contribution is 5.88. The molecule has 2 atom stereocenters. The lowest BCUT2D eigenvalue weighted by molar-refractivity contribution is -0.152. The van der Waals surface area contributed by atoms with E-state index < -0.39 is 11.9 Å². The van der Waals surface area contributed by atoms with Gasteiger partial charge >= 0.3 is 5.97 Å². The molecular weight excluding hydrogens is 368 g/mol. The first-order chi connectivity index (χ1) is 14.0. The van der Waals surface area contributed by atoms with E-state index in [1.807, 2.05) is 68.4 Å². The zero-order chi connectivity index (χ0) is 20.8. The van der Waals surface area contributed by atoms with E-state index in [0.717, 1.165) is 16.7 Å². The normalized spacial score (nSPS) is 17.1. The van der Waals surface area contributed by atoms with Gasteiger partial charge in [-0.3, -0.25) is 14.4 Å². The highest BCUT2D eigenvalue weighted by atomic mass is 16.5. The van der Waals surface area contributed by atoms with E-state index in [2.05, 4.69) is 5.32 Å². The van der Waals surface area contributed by atoms with Crippen LogP contribution in [0, 0.1) is 12.8 Å². The molecule has 0 unspecified atom stereocenters. The van der Waals surface area contributed by atoms with Crippen molar-refractivity contribution in [3.8, 4) is 0 Å². The van der Waals surface area contributed by atoms with Gasteiger partial charge in [-0.05, 0) is 30.5 Å². The highest BCUT2D eigenvalue weighted by Crippen LogP contribution is 2.28. The summed E-state index contributed by atoms with van der Waals surface area (Å²) in [4.78, 5) is 38.4. The maximum absolute atomic E-state index is 12.4. The minimum absolute atomic E-state index is 0.0766. The Hall–Kier alpha value is -3.15. The van der Waals surface area contributed by atoms with Crippen molar-refractivity contribution in [1.29, 1.82) is 0 Å². The van der Waals surface area contributed by atoms with Crippen molar-refractivity contribution in [3.63, 3.8) is 0 Å². The van der Waals surface area contributed by atoms with E-state index in [1.165, 1.54) is 0 Å². The summed E-state index contributed by atoms with van der Waals surface area (Å²) in [5.74, 6) is -1.49. The maximum atomic E-state index is 12.4. The smallest absolute Gasteiger partial charge is 0.311 e. The van der Waals surface area contributed by atoms with Crippen LogP contribution in [0.3, 0.4) is 0 Å². The summed E-state index contributed by atoms with van der Waals surface area (Å²) >= 11 is 0. The summed E-state index contributed by atoms with van der Waals surface area (Å²) in [6.45, 7) is 4.26. The van der Waals surface area contributed by atoms with Crippen LogP contribution >= 0.6 is 0 Å². The van der Waals surface area contributed by atoms with Gasteiger partial charge in [0.25, 0.3) is 5.91 Å². The minimum atomic E-state index is -0.544. The number of rotatable bonds is 7. The highest BCUT2D eigenvalue weighted by Gasteiger charge is 2.38. The Morgan fingerprint density at radius 1 is 1.14 bits per heavy atom. The van der Waals surface area contributed by atoms with E-state index in [4.69, 9.17) is 4.74 Å². The molecule has 1 saturated heterocycles. The lowest BCUT2D eigenvalue weighted by Gasteiger charge is -2.25. The van der Waals surface area contributed by atoms with Crippen LogP contribution in [0.4, 0.5) is 0 Å². The van der Waals surface area contributed by atoms with Gasteiger partial charge < -0.3 is 15.0 Å². The third kappa shape index (κ3) is 5.22. The molecule has 3 rings (SSSR count). The van der Waals surface area contributed by atoms with E-state index in [9.17, 15) is 14.4 Å². The fourth-order valence-corrected chi connectivity index (χ4v) is 3.48. The second kappa shape index (κ2) is 9.37. The molecule has 0 saturated carbocycles. The Labute approximate surface area is 170 Å². The average Bonchev–Trinajstić information content (AvgIpc) is 3.13. The molecule has 1 aliphatic rings. The van der Waals surface area contributed by atoms with Gasteiger partial charge in [0.2, 0.25) is 5.91 Å². The molecule has 1 N–H and O–H groups in total. The number of hydrogen-bond acceptors (Lipinski definition) is 4. The summed E-state index contributed by atoms with van der Waals surface area (Å²) in [5, 5.41) is 2.75. The molecule has 0 aliphatic carbocycles. The second-order valence-electron chi connectivity index (χ2n) is 7.34. The minimum Gasteiger partial charge on any atom is -0.455 e. The van der Waals surface area contributed by atoms with E-state index in [1.54, 1.807) is 4.90 Å². The molecule has 152 valence electrons. The summed E-state index contributed by atoms with van der Waals surface area (Å²) in [7, 11) is 0. The SMILES string of the molecule is Cc1ccccc1CNC(=O)COC(=O)[C@@H]1CC(=O)N([C@@H](C)c2ccccc2)C1. The molecule has 2 aromatic carbocycles. The largest absolute Gasteiger partial charge is 0.455 e. The van der Waals surface area contributed by atoms with Crippen LogP contribution in [0.2, 0.25) is 0 Å². The van der Waals surface area contributed by atoms with Gasteiger partial charge in [-0.15, -0.1) is 0 Å². The van der Waals surface area contributed by atoms with E-state index in [0.29, 0.717) is 13.1 Å². The summed E-state index contributed by atoms with van der Waals surface area (Å²) < 4.78 is 5.16. The number of benzene rings is 2. The van der Waals surface area contributed by atoms with Crippen molar-refractivity contribution in [3.05, 3.63) is 71.3 Å². The van der Waals surface area contributed by atoms with Crippen molar-refractivity contribution in [1.82, 2.24) is 10.2 Å². The summed E-state index contributed by atoms with van der Waals surface area (Å²) in [5.41, 5.74) is 3.12. The Kier molecular flexibility index (Phi) is 6.65. The molecule has 0 aromatic heterocycles. The number of nitrogens with zero attached hydrogens (tertiary/aromatic N) is 1. The van der Waals surface area contributed by atoms with Crippen LogP contribution in [0.1, 0.15) is 36.1 Å². The van der Waals surface area contributed by atoms with Crippen molar-refractivity contribution in [2.75, 3.05) is 13.2 Å². The van der Waals surface area contributed by atoms with Crippen LogP contribution in [-0.4, -0.2) is 35.8 Å². The number of ether oxygens (including phenoxy) is 1. The van der Waals surface area contributed by atoms with E-state index >= 15 is 0 Å². The standard InChI is InChI=1S/C23H26N2O4/c1-16-8-6-7-11-19(16)13-24-21(26)15-29-23(28)20-12-22(27)25(14-20)17(2)18-9-4-3-5-10-18/h3-11,17,20H,12-15H2,1-2H3,(H,24,26)/t17-,20+/m0/s1. The molecule has 0 spiro atoms. The van der Waals surface area contributed by atoms with Crippen molar-refractivity contribution in [2.24, 2.45) is 5.92 Å². The Morgan fingerprint density at radius 3 is 2.55 bits per heavy atom. The van der Waals surface area contributed by atoms with Gasteiger partial charge in [0.05, 0.1) is 12.0 Å². The molecule has 1 aliphatic heterocycles. The van der Waals surface area contributed by atoms with Gasteiger partial charge in [-0.25, -0.2) is 0 Å². The number of carbonyl (C=O) groups excluding carboxylic acids is 3. The average molecular weight is 394 g/mol. The predicted molar refractivity (Wildman–Crippen MR) is 109 cm³/mol. The number of esters is 1. The topological polar surface area (TPSA) is 75.7 Å². The third-order valence-corrected chi connectivity index (χ3v) is 5.32. The second-order valence-corrected chi connectivity index (χ2v) is 7.34. The first kappa shape index (κ1) is 20.6. The number of nitrogens with one attached hydrogen (secondary N) is 1. The molecule has 6 heteroatoms. The zero-order valence-corrected chi connectivity index (χ0v) is 16.8. The van der Waals surface area contributed by atoms with Gasteiger partial charge in [0.1, 0.15) is 0 Å². The lowest BCUT2D eigenvalue weighted by Crippen LogP contribution is -2.32. The van der Waals surface area contributed by atoms with Crippen LogP contribution in [-0.2, 0) is 25.7 Å². The molecule has 2 amide bonds. The monoisotopic (exact) mass is 394 g/mol. The van der Waals surface area contributed by atoms with Crippen LogP contribution in [0.15, 0.2) is 54.6 Å². The van der Waals surface area contributed by atoms with Gasteiger partial charge in [-0.1, -0.05) is 54.6 Å². The molecule has 0 bridgehead atoms. The third-order valence-electron chi connectivity index (χ3n) is 5.32. The Bertz CT molecular complexity index is 881. The fraction of sp³-hybridized carbons (Fsp3) is 0.348. The fourth-order valence-electron chi connectivity index (χ4n) is 3.48. The molecule has 0 radical (unpaired) electrons. The number of hydrogen-bond donors (Lipinski definition) is 1. The van der Waals surface area contributed by atoms with Crippen molar-refractivity contribution < 1.29 is 19.1 Å². The lowest BCUT2D eigenvalue weighted by atomic mass is 10.1. The Balaban J connectivity index is 1.47. The van der Waals surface area contributed by atoms with Crippen LogP contribution in [0.25, 0.3) is 0 Å².